The van der Waals surface area contributed by atoms with Crippen LogP contribution in [0.1, 0.15) is 44.6 Å². The Morgan fingerprint density at radius 1 is 1.45 bits per heavy atom. The average Bonchev–Trinajstić information content (AvgIpc) is 2.64. The fourth-order valence-electron chi connectivity index (χ4n) is 2.58. The molecule has 2 atom stereocenters. The molecule has 2 rings (SSSR count). The van der Waals surface area contributed by atoms with Gasteiger partial charge in [0.05, 0.1) is 4.92 Å². The summed E-state index contributed by atoms with van der Waals surface area (Å²) in [5.41, 5.74) is 0.0816. The van der Waals surface area contributed by atoms with Crippen LogP contribution in [0.5, 0.6) is 0 Å². The van der Waals surface area contributed by atoms with Gasteiger partial charge in [-0.3, -0.25) is 10.1 Å². The van der Waals surface area contributed by atoms with E-state index in [9.17, 15) is 10.1 Å². The minimum atomic E-state index is -0.537. The number of nitriles is 1. The number of hydrogen-bond donors (Lipinski definition) is 1. The van der Waals surface area contributed by atoms with E-state index in [1.807, 2.05) is 6.07 Å². The van der Waals surface area contributed by atoms with Crippen molar-refractivity contribution in [2.45, 2.75) is 45.1 Å². The summed E-state index contributed by atoms with van der Waals surface area (Å²) >= 11 is 0. The molecule has 1 fully saturated rings. The van der Waals surface area contributed by atoms with Crippen molar-refractivity contribution in [3.8, 4) is 6.07 Å². The zero-order chi connectivity index (χ0) is 14.5. The highest BCUT2D eigenvalue weighted by Gasteiger charge is 2.19. The Kier molecular flexibility index (Phi) is 4.51. The smallest absolute Gasteiger partial charge is 0.289 e. The van der Waals surface area contributed by atoms with Crippen molar-refractivity contribution in [1.29, 1.82) is 5.26 Å². The van der Waals surface area contributed by atoms with E-state index in [0.29, 0.717) is 11.9 Å². The van der Waals surface area contributed by atoms with Gasteiger partial charge in [0, 0.05) is 12.1 Å². The molecule has 1 aromatic rings. The molecular formula is C14H18N4O2. The predicted molar refractivity (Wildman–Crippen MR) is 75.3 cm³/mol. The van der Waals surface area contributed by atoms with E-state index in [1.54, 1.807) is 0 Å². The molecule has 1 aliphatic rings. The van der Waals surface area contributed by atoms with Gasteiger partial charge in [0.15, 0.2) is 0 Å². The summed E-state index contributed by atoms with van der Waals surface area (Å²) < 4.78 is 0. The van der Waals surface area contributed by atoms with Crippen LogP contribution in [0.3, 0.4) is 0 Å². The maximum absolute atomic E-state index is 10.7. The Bertz CT molecular complexity index is 538. The molecule has 0 radical (unpaired) electrons. The summed E-state index contributed by atoms with van der Waals surface area (Å²) in [6.45, 7) is 2.26. The number of hydrogen-bond acceptors (Lipinski definition) is 5. The van der Waals surface area contributed by atoms with Crippen LogP contribution in [0.4, 0.5) is 11.5 Å². The Hall–Kier alpha value is -2.16. The van der Waals surface area contributed by atoms with Crippen LogP contribution in [-0.4, -0.2) is 15.9 Å². The van der Waals surface area contributed by atoms with Gasteiger partial charge in [0.1, 0.15) is 23.6 Å². The second-order valence-corrected chi connectivity index (χ2v) is 5.41. The molecule has 0 amide bonds. The molecular weight excluding hydrogens is 256 g/mol. The van der Waals surface area contributed by atoms with Crippen molar-refractivity contribution < 1.29 is 4.92 Å². The van der Waals surface area contributed by atoms with Crippen molar-refractivity contribution in [3.63, 3.8) is 0 Å². The molecule has 1 aliphatic carbocycles. The molecule has 1 saturated carbocycles. The van der Waals surface area contributed by atoms with Crippen LogP contribution < -0.4 is 5.32 Å². The molecule has 0 aliphatic heterocycles. The van der Waals surface area contributed by atoms with E-state index in [1.165, 1.54) is 18.7 Å². The highest BCUT2D eigenvalue weighted by Crippen LogP contribution is 2.26. The lowest BCUT2D eigenvalue weighted by Gasteiger charge is -2.17. The molecule has 106 valence electrons. The highest BCUT2D eigenvalue weighted by molar-refractivity contribution is 5.55. The molecule has 6 heteroatoms. The Morgan fingerprint density at radius 3 is 2.95 bits per heavy atom. The van der Waals surface area contributed by atoms with Gasteiger partial charge in [-0.15, -0.1) is 0 Å². The lowest BCUT2D eigenvalue weighted by molar-refractivity contribution is -0.385. The first-order chi connectivity index (χ1) is 9.60. The number of rotatable bonds is 3. The maximum atomic E-state index is 10.7. The Morgan fingerprint density at radius 2 is 2.25 bits per heavy atom. The monoisotopic (exact) mass is 274 g/mol. The molecule has 1 heterocycles. The van der Waals surface area contributed by atoms with Gasteiger partial charge in [0.25, 0.3) is 5.69 Å². The van der Waals surface area contributed by atoms with Crippen LogP contribution in [0.2, 0.25) is 0 Å². The van der Waals surface area contributed by atoms with Crippen LogP contribution in [0.15, 0.2) is 12.3 Å². The fraction of sp³-hybridized carbons (Fsp3) is 0.571. The minimum absolute atomic E-state index is 0.151. The van der Waals surface area contributed by atoms with E-state index >= 15 is 0 Å². The van der Waals surface area contributed by atoms with Crippen molar-refractivity contribution in [1.82, 2.24) is 4.98 Å². The Labute approximate surface area is 118 Å². The quantitative estimate of drug-likeness (QED) is 0.519. The fourth-order valence-corrected chi connectivity index (χ4v) is 2.58. The number of anilines is 1. The molecule has 0 saturated heterocycles. The lowest BCUT2D eigenvalue weighted by Crippen LogP contribution is -2.20. The first-order valence-electron chi connectivity index (χ1n) is 6.91. The second kappa shape index (κ2) is 6.33. The lowest BCUT2D eigenvalue weighted by atomic mass is 10.0. The molecule has 1 N–H and O–H groups in total. The second-order valence-electron chi connectivity index (χ2n) is 5.41. The van der Waals surface area contributed by atoms with Crippen LogP contribution in [0.25, 0.3) is 0 Å². The summed E-state index contributed by atoms with van der Waals surface area (Å²) in [5, 5.41) is 23.1. The number of pyridine rings is 1. The van der Waals surface area contributed by atoms with Gasteiger partial charge in [-0.1, -0.05) is 19.8 Å². The van der Waals surface area contributed by atoms with E-state index < -0.39 is 4.92 Å². The molecule has 6 nitrogen and oxygen atoms in total. The zero-order valence-electron chi connectivity index (χ0n) is 11.5. The summed E-state index contributed by atoms with van der Waals surface area (Å²) in [6.07, 6.45) is 6.85. The normalized spacial score (nSPS) is 22.6. The summed E-state index contributed by atoms with van der Waals surface area (Å²) in [6, 6.07) is 3.54. The largest absolute Gasteiger partial charge is 0.366 e. The van der Waals surface area contributed by atoms with Gasteiger partial charge in [0.2, 0.25) is 0 Å². The van der Waals surface area contributed by atoms with Crippen LogP contribution in [0, 0.1) is 27.4 Å². The molecule has 0 bridgehead atoms. The van der Waals surface area contributed by atoms with Crippen molar-refractivity contribution in [2.24, 2.45) is 5.92 Å². The zero-order valence-corrected chi connectivity index (χ0v) is 11.5. The summed E-state index contributed by atoms with van der Waals surface area (Å²) in [7, 11) is 0. The van der Waals surface area contributed by atoms with Crippen molar-refractivity contribution in [3.05, 3.63) is 27.9 Å². The van der Waals surface area contributed by atoms with Gasteiger partial charge >= 0.3 is 0 Å². The summed E-state index contributed by atoms with van der Waals surface area (Å²) in [4.78, 5) is 14.2. The highest BCUT2D eigenvalue weighted by atomic mass is 16.6. The third-order valence-corrected chi connectivity index (χ3v) is 3.80. The molecule has 1 aromatic heterocycles. The number of aromatic nitrogens is 1. The van der Waals surface area contributed by atoms with E-state index in [2.05, 4.69) is 17.2 Å². The van der Waals surface area contributed by atoms with Gasteiger partial charge in [-0.05, 0) is 25.2 Å². The van der Waals surface area contributed by atoms with Gasteiger partial charge < -0.3 is 5.32 Å². The first kappa shape index (κ1) is 14.3. The first-order valence-corrected chi connectivity index (χ1v) is 6.91. The van der Waals surface area contributed by atoms with Crippen LogP contribution in [-0.2, 0) is 0 Å². The molecule has 0 aromatic carbocycles. The van der Waals surface area contributed by atoms with Gasteiger partial charge in [-0.2, -0.15) is 5.26 Å². The SMILES string of the molecule is CC1CCCC(Nc2ncc([N+](=O)[O-])cc2C#N)CC1. The number of nitrogens with zero attached hydrogens (tertiary/aromatic N) is 3. The Balaban J connectivity index is 2.12. The van der Waals surface area contributed by atoms with E-state index in [-0.39, 0.29) is 11.3 Å². The standard InChI is InChI=1S/C14H18N4O2/c1-10-3-2-4-12(6-5-10)17-14-11(8-15)7-13(9-16-14)18(19)20/h7,9-10,12H,2-6H2,1H3,(H,16,17). The van der Waals surface area contributed by atoms with E-state index in [0.717, 1.165) is 31.6 Å². The topological polar surface area (TPSA) is 91.8 Å². The number of nitrogens with one attached hydrogen (secondary N) is 1. The third-order valence-electron chi connectivity index (χ3n) is 3.80. The molecule has 20 heavy (non-hydrogen) atoms. The maximum Gasteiger partial charge on any atom is 0.289 e. The van der Waals surface area contributed by atoms with Crippen LogP contribution >= 0.6 is 0 Å². The van der Waals surface area contributed by atoms with Gasteiger partial charge in [-0.25, -0.2) is 4.98 Å². The average molecular weight is 274 g/mol. The number of nitro groups is 1. The minimum Gasteiger partial charge on any atom is -0.366 e. The predicted octanol–water partition coefficient (Wildman–Crippen LogP) is 3.24. The molecule has 0 spiro atoms. The van der Waals surface area contributed by atoms with Crippen molar-refractivity contribution >= 4 is 11.5 Å². The third kappa shape index (κ3) is 3.44. The van der Waals surface area contributed by atoms with E-state index in [4.69, 9.17) is 5.26 Å². The molecule has 2 unspecified atom stereocenters. The summed E-state index contributed by atoms with van der Waals surface area (Å²) in [5.74, 6) is 1.19. The van der Waals surface area contributed by atoms with Crippen molar-refractivity contribution in [2.75, 3.05) is 5.32 Å².